The molecule has 0 bridgehead atoms. The zero-order valence-corrected chi connectivity index (χ0v) is 15.4. The van der Waals surface area contributed by atoms with Crippen LogP contribution in [0.2, 0.25) is 10.0 Å². The minimum Gasteiger partial charge on any atom is -0.306 e. The first-order valence-electron chi connectivity index (χ1n) is 6.89. The maximum absolute atomic E-state index is 6.48. The fraction of sp³-hybridized carbons (Fsp3) is 0.294. The fourth-order valence-corrected chi connectivity index (χ4v) is 3.28. The Kier molecular flexibility index (Phi) is 5.73. The number of hydrogen-bond acceptors (Lipinski definition) is 1. The van der Waals surface area contributed by atoms with E-state index in [2.05, 4.69) is 47.2 Å². The van der Waals surface area contributed by atoms with Gasteiger partial charge in [-0.3, -0.25) is 0 Å². The topological polar surface area (TPSA) is 12.0 Å². The predicted octanol–water partition coefficient (Wildman–Crippen LogP) is 6.07. The third kappa shape index (κ3) is 3.62. The van der Waals surface area contributed by atoms with Crippen molar-refractivity contribution in [3.63, 3.8) is 0 Å². The average Bonchev–Trinajstić information content (AvgIpc) is 2.44. The molecule has 0 fully saturated rings. The summed E-state index contributed by atoms with van der Waals surface area (Å²) in [6.07, 6.45) is 0. The molecule has 1 atom stereocenters. The summed E-state index contributed by atoms with van der Waals surface area (Å²) in [7, 11) is 0. The van der Waals surface area contributed by atoms with Crippen molar-refractivity contribution in [2.75, 3.05) is 6.54 Å². The van der Waals surface area contributed by atoms with Gasteiger partial charge in [-0.1, -0.05) is 48.3 Å². The normalized spacial score (nSPS) is 12.5. The summed E-state index contributed by atoms with van der Waals surface area (Å²) < 4.78 is 0.910. The van der Waals surface area contributed by atoms with Gasteiger partial charge in [0.2, 0.25) is 0 Å². The van der Waals surface area contributed by atoms with Gasteiger partial charge in [0.05, 0.1) is 11.1 Å². The van der Waals surface area contributed by atoms with Crippen LogP contribution in [0.5, 0.6) is 0 Å². The van der Waals surface area contributed by atoms with Crippen molar-refractivity contribution < 1.29 is 0 Å². The number of hydrogen-bond donors (Lipinski definition) is 1. The lowest BCUT2D eigenvalue weighted by atomic mass is 9.93. The quantitative estimate of drug-likeness (QED) is 0.672. The van der Waals surface area contributed by atoms with E-state index in [9.17, 15) is 0 Å². The molecule has 0 radical (unpaired) electrons. The molecule has 0 aliphatic rings. The van der Waals surface area contributed by atoms with Crippen LogP contribution in [-0.4, -0.2) is 6.54 Å². The molecule has 0 heterocycles. The van der Waals surface area contributed by atoms with Crippen LogP contribution < -0.4 is 5.32 Å². The van der Waals surface area contributed by atoms with Crippen LogP contribution in [0.3, 0.4) is 0 Å². The van der Waals surface area contributed by atoms with Gasteiger partial charge in [-0.25, -0.2) is 0 Å². The molecule has 21 heavy (non-hydrogen) atoms. The first-order chi connectivity index (χ1) is 9.95. The lowest BCUT2D eigenvalue weighted by Crippen LogP contribution is -2.23. The molecule has 2 aromatic rings. The van der Waals surface area contributed by atoms with Gasteiger partial charge in [0.15, 0.2) is 0 Å². The highest BCUT2D eigenvalue weighted by molar-refractivity contribution is 9.10. The second-order valence-corrected chi connectivity index (χ2v) is 6.73. The Morgan fingerprint density at radius 3 is 2.48 bits per heavy atom. The molecule has 2 aromatic carbocycles. The Bertz CT molecular complexity index is 655. The van der Waals surface area contributed by atoms with Crippen molar-refractivity contribution in [1.29, 1.82) is 0 Å². The van der Waals surface area contributed by atoms with Crippen LogP contribution in [0.1, 0.15) is 35.2 Å². The fourth-order valence-electron chi connectivity index (χ4n) is 2.45. The van der Waals surface area contributed by atoms with Gasteiger partial charge in [0.1, 0.15) is 0 Å². The van der Waals surface area contributed by atoms with Gasteiger partial charge in [-0.05, 0) is 70.7 Å². The first-order valence-corrected chi connectivity index (χ1v) is 8.44. The molecule has 0 spiro atoms. The smallest absolute Gasteiger partial charge is 0.0599 e. The molecule has 0 aliphatic carbocycles. The van der Waals surface area contributed by atoms with Gasteiger partial charge < -0.3 is 5.32 Å². The van der Waals surface area contributed by atoms with Crippen molar-refractivity contribution in [3.8, 4) is 0 Å². The molecule has 112 valence electrons. The maximum atomic E-state index is 6.48. The van der Waals surface area contributed by atoms with E-state index >= 15 is 0 Å². The van der Waals surface area contributed by atoms with Gasteiger partial charge in [0.25, 0.3) is 0 Å². The summed E-state index contributed by atoms with van der Waals surface area (Å²) in [6.45, 7) is 7.05. The van der Waals surface area contributed by atoms with Crippen molar-refractivity contribution >= 4 is 39.1 Å². The standard InChI is InChI=1S/C17H18BrCl2N/c1-4-21-17(12-6-5-7-14(18)16(12)20)13-8-11(3)15(19)9-10(13)2/h5-9,17,21H,4H2,1-3H3. The zero-order valence-electron chi connectivity index (χ0n) is 12.3. The molecular formula is C17H18BrCl2N. The lowest BCUT2D eigenvalue weighted by molar-refractivity contribution is 0.627. The molecule has 1 N–H and O–H groups in total. The van der Waals surface area contributed by atoms with Crippen LogP contribution in [0.4, 0.5) is 0 Å². The number of aryl methyl sites for hydroxylation is 2. The third-order valence-corrected chi connectivity index (χ3v) is 5.28. The van der Waals surface area contributed by atoms with Gasteiger partial charge in [-0.2, -0.15) is 0 Å². The third-order valence-electron chi connectivity index (χ3n) is 3.56. The molecule has 1 unspecified atom stereocenters. The van der Waals surface area contributed by atoms with E-state index in [-0.39, 0.29) is 6.04 Å². The summed E-state index contributed by atoms with van der Waals surface area (Å²) >= 11 is 16.2. The molecule has 0 aromatic heterocycles. The van der Waals surface area contributed by atoms with E-state index in [4.69, 9.17) is 23.2 Å². The van der Waals surface area contributed by atoms with E-state index in [0.29, 0.717) is 0 Å². The SMILES string of the molecule is CCNC(c1cc(C)c(Cl)cc1C)c1cccc(Br)c1Cl. The molecule has 0 saturated heterocycles. The Hall–Kier alpha value is -0.540. The Morgan fingerprint density at radius 1 is 1.10 bits per heavy atom. The molecule has 2 rings (SSSR count). The van der Waals surface area contributed by atoms with Gasteiger partial charge >= 0.3 is 0 Å². The summed E-state index contributed by atoms with van der Waals surface area (Å²) in [5, 5.41) is 5.07. The minimum absolute atomic E-state index is 0.0518. The van der Waals surface area contributed by atoms with Crippen LogP contribution in [-0.2, 0) is 0 Å². The molecule has 1 nitrogen and oxygen atoms in total. The summed E-state index contributed by atoms with van der Waals surface area (Å²) in [6, 6.07) is 10.2. The second-order valence-electron chi connectivity index (χ2n) is 5.09. The molecule has 0 aliphatic heterocycles. The van der Waals surface area contributed by atoms with E-state index in [1.807, 2.05) is 25.1 Å². The van der Waals surface area contributed by atoms with Crippen molar-refractivity contribution in [3.05, 3.63) is 67.1 Å². The maximum Gasteiger partial charge on any atom is 0.0599 e. The Morgan fingerprint density at radius 2 is 1.81 bits per heavy atom. The highest BCUT2D eigenvalue weighted by atomic mass is 79.9. The monoisotopic (exact) mass is 385 g/mol. The van der Waals surface area contributed by atoms with Crippen LogP contribution in [0, 0.1) is 13.8 Å². The van der Waals surface area contributed by atoms with E-state index in [0.717, 1.165) is 37.8 Å². The van der Waals surface area contributed by atoms with E-state index in [1.54, 1.807) is 0 Å². The molecule has 0 saturated carbocycles. The zero-order chi connectivity index (χ0) is 15.6. The number of rotatable bonds is 4. The molecule has 4 heteroatoms. The number of benzene rings is 2. The number of halogens is 3. The first kappa shape index (κ1) is 16.8. The summed E-state index contributed by atoms with van der Waals surface area (Å²) in [5.74, 6) is 0. The predicted molar refractivity (Wildman–Crippen MR) is 95.6 cm³/mol. The van der Waals surface area contributed by atoms with Gasteiger partial charge in [-0.15, -0.1) is 0 Å². The highest BCUT2D eigenvalue weighted by Crippen LogP contribution is 2.35. The lowest BCUT2D eigenvalue weighted by Gasteiger charge is -2.23. The van der Waals surface area contributed by atoms with Crippen molar-refractivity contribution in [1.82, 2.24) is 5.32 Å². The second kappa shape index (κ2) is 7.15. The Balaban J connectivity index is 2.59. The van der Waals surface area contributed by atoms with E-state index in [1.165, 1.54) is 5.56 Å². The average molecular weight is 387 g/mol. The minimum atomic E-state index is 0.0518. The number of nitrogens with one attached hydrogen (secondary N) is 1. The molecule has 0 amide bonds. The highest BCUT2D eigenvalue weighted by Gasteiger charge is 2.19. The van der Waals surface area contributed by atoms with Crippen molar-refractivity contribution in [2.45, 2.75) is 26.8 Å². The summed E-state index contributed by atoms with van der Waals surface area (Å²) in [5.41, 5.74) is 4.51. The van der Waals surface area contributed by atoms with Crippen molar-refractivity contribution in [2.24, 2.45) is 0 Å². The molecular weight excluding hydrogens is 369 g/mol. The summed E-state index contributed by atoms with van der Waals surface area (Å²) in [4.78, 5) is 0. The van der Waals surface area contributed by atoms with Crippen LogP contribution in [0.25, 0.3) is 0 Å². The van der Waals surface area contributed by atoms with Gasteiger partial charge in [0, 0.05) is 9.50 Å². The van der Waals surface area contributed by atoms with E-state index < -0.39 is 0 Å². The largest absolute Gasteiger partial charge is 0.306 e. The Labute approximate surface area is 144 Å². The van der Waals surface area contributed by atoms with Crippen LogP contribution >= 0.6 is 39.1 Å². The van der Waals surface area contributed by atoms with Crippen LogP contribution in [0.15, 0.2) is 34.8 Å².